The first-order valence-corrected chi connectivity index (χ1v) is 9.10. The summed E-state index contributed by atoms with van der Waals surface area (Å²) in [7, 11) is 0. The highest BCUT2D eigenvalue weighted by atomic mass is 127. The highest BCUT2D eigenvalue weighted by molar-refractivity contribution is 14.0. The minimum atomic E-state index is -0.919. The van der Waals surface area contributed by atoms with Gasteiger partial charge in [0, 0.05) is 31.4 Å². The van der Waals surface area contributed by atoms with Gasteiger partial charge in [0.2, 0.25) is 0 Å². The average molecular weight is 507 g/mol. The Hall–Kier alpha value is -1.91. The van der Waals surface area contributed by atoms with Crippen LogP contribution in [0.5, 0.6) is 5.75 Å². The topological polar surface area (TPSA) is 63.5 Å². The Morgan fingerprint density at radius 3 is 2.61 bits per heavy atom. The van der Waals surface area contributed by atoms with Crippen LogP contribution in [0.25, 0.3) is 0 Å². The van der Waals surface area contributed by atoms with Crippen molar-refractivity contribution >= 4 is 29.9 Å². The Kier molecular flexibility index (Phi) is 10.8. The van der Waals surface area contributed by atoms with Crippen LogP contribution in [0, 0.1) is 25.5 Å². The minimum absolute atomic E-state index is 0. The number of nitrogens with one attached hydrogen (secondary N) is 2. The summed E-state index contributed by atoms with van der Waals surface area (Å²) in [6, 6.07) is 5.54. The zero-order valence-electron chi connectivity index (χ0n) is 16.5. The number of nitrogens with zero attached hydrogens (tertiary/aromatic N) is 3. The molecule has 0 saturated carbocycles. The van der Waals surface area contributed by atoms with E-state index in [1.807, 2.05) is 25.5 Å². The molecule has 9 heteroatoms. The number of aliphatic imine (C=N–C) groups is 1. The second kappa shape index (κ2) is 12.5. The first-order valence-electron chi connectivity index (χ1n) is 9.10. The van der Waals surface area contributed by atoms with E-state index in [9.17, 15) is 8.78 Å². The molecule has 0 aliphatic carbocycles. The van der Waals surface area contributed by atoms with E-state index in [-0.39, 0.29) is 24.0 Å². The molecule has 0 bridgehead atoms. The smallest absolute Gasteiger partial charge is 0.191 e. The van der Waals surface area contributed by atoms with Gasteiger partial charge in [0.25, 0.3) is 0 Å². The third-order valence-corrected chi connectivity index (χ3v) is 3.80. The summed E-state index contributed by atoms with van der Waals surface area (Å²) in [5, 5.41) is 10.8. The Morgan fingerprint density at radius 1 is 1.18 bits per heavy atom. The van der Waals surface area contributed by atoms with Crippen molar-refractivity contribution in [2.24, 2.45) is 4.99 Å². The maximum atomic E-state index is 13.1. The lowest BCUT2D eigenvalue weighted by atomic mass is 10.3. The number of hydrogen-bond acceptors (Lipinski definition) is 3. The maximum absolute atomic E-state index is 13.1. The van der Waals surface area contributed by atoms with Crippen molar-refractivity contribution in [3.8, 4) is 5.75 Å². The van der Waals surface area contributed by atoms with Gasteiger partial charge in [0.15, 0.2) is 17.6 Å². The molecule has 0 unspecified atom stereocenters. The first kappa shape index (κ1) is 24.1. The summed E-state index contributed by atoms with van der Waals surface area (Å²) < 4.78 is 33.4. The first-order chi connectivity index (χ1) is 13.0. The molecule has 0 amide bonds. The number of aromatic nitrogens is 2. The molecule has 28 heavy (non-hydrogen) atoms. The van der Waals surface area contributed by atoms with Gasteiger partial charge in [0.1, 0.15) is 12.4 Å². The third kappa shape index (κ3) is 7.99. The molecule has 0 spiro atoms. The van der Waals surface area contributed by atoms with E-state index in [1.165, 1.54) is 6.07 Å². The van der Waals surface area contributed by atoms with E-state index in [0.29, 0.717) is 31.4 Å². The molecule has 0 radical (unpaired) electrons. The van der Waals surface area contributed by atoms with Crippen molar-refractivity contribution < 1.29 is 13.5 Å². The molecule has 2 aromatic rings. The molecular weight excluding hydrogens is 479 g/mol. The summed E-state index contributed by atoms with van der Waals surface area (Å²) in [5.74, 6) is -0.817. The highest BCUT2D eigenvalue weighted by Crippen LogP contribution is 2.14. The van der Waals surface area contributed by atoms with E-state index in [2.05, 4.69) is 26.8 Å². The number of halogens is 3. The van der Waals surface area contributed by atoms with Gasteiger partial charge in [-0.2, -0.15) is 5.10 Å². The van der Waals surface area contributed by atoms with Gasteiger partial charge in [-0.1, -0.05) is 0 Å². The molecule has 6 nitrogen and oxygen atoms in total. The summed E-state index contributed by atoms with van der Waals surface area (Å²) >= 11 is 0. The molecule has 0 aliphatic rings. The Bertz CT molecular complexity index is 767. The van der Waals surface area contributed by atoms with Crippen LogP contribution in [0.15, 0.2) is 29.3 Å². The molecule has 0 fully saturated rings. The minimum Gasteiger partial charge on any atom is -0.492 e. The van der Waals surface area contributed by atoms with Crippen LogP contribution in [0.4, 0.5) is 8.78 Å². The normalized spacial score (nSPS) is 11.1. The number of aryl methyl sites for hydroxylation is 3. The SMILES string of the molecule is CCNC(=NCCCn1nc(C)cc1C)NCCOc1ccc(F)c(F)c1.I. The second-order valence-electron chi connectivity index (χ2n) is 6.12. The molecule has 0 saturated heterocycles. The van der Waals surface area contributed by atoms with Gasteiger partial charge >= 0.3 is 0 Å². The van der Waals surface area contributed by atoms with Crippen LogP contribution >= 0.6 is 24.0 Å². The maximum Gasteiger partial charge on any atom is 0.191 e. The molecule has 0 atom stereocenters. The van der Waals surface area contributed by atoms with Crippen LogP contribution in [0.1, 0.15) is 24.7 Å². The zero-order valence-corrected chi connectivity index (χ0v) is 18.8. The fourth-order valence-corrected chi connectivity index (χ4v) is 2.56. The second-order valence-corrected chi connectivity index (χ2v) is 6.12. The molecule has 156 valence electrons. The van der Waals surface area contributed by atoms with Crippen LogP contribution in [0.3, 0.4) is 0 Å². The summed E-state index contributed by atoms with van der Waals surface area (Å²) in [5.41, 5.74) is 2.17. The fourth-order valence-electron chi connectivity index (χ4n) is 2.56. The molecule has 2 N–H and O–H groups in total. The lowest BCUT2D eigenvalue weighted by Crippen LogP contribution is -2.39. The largest absolute Gasteiger partial charge is 0.492 e. The number of benzene rings is 1. The third-order valence-electron chi connectivity index (χ3n) is 3.80. The van der Waals surface area contributed by atoms with E-state index < -0.39 is 11.6 Å². The van der Waals surface area contributed by atoms with Gasteiger partial charge < -0.3 is 15.4 Å². The van der Waals surface area contributed by atoms with E-state index in [0.717, 1.165) is 43.0 Å². The molecule has 1 aromatic heterocycles. The summed E-state index contributed by atoms with van der Waals surface area (Å²) in [4.78, 5) is 4.52. The lowest BCUT2D eigenvalue weighted by molar-refractivity contribution is 0.318. The molecule has 1 heterocycles. The molecule has 1 aromatic carbocycles. The molecular formula is C19H28F2IN5O. The number of hydrogen-bond donors (Lipinski definition) is 2. The molecule has 0 aliphatic heterocycles. The number of ether oxygens (including phenoxy) is 1. The highest BCUT2D eigenvalue weighted by Gasteiger charge is 2.04. The van der Waals surface area contributed by atoms with Crippen molar-refractivity contribution in [2.45, 2.75) is 33.7 Å². The number of rotatable bonds is 9. The van der Waals surface area contributed by atoms with Crippen LogP contribution in [-0.4, -0.2) is 42.0 Å². The standard InChI is InChI=1S/C19H27F2N5O.HI/c1-4-22-19(23-8-5-10-26-15(3)12-14(2)25-26)24-9-11-27-16-6-7-17(20)18(21)13-16;/h6-7,12-13H,4-5,8-11H2,1-3H3,(H2,22,23,24);1H. The van der Waals surface area contributed by atoms with Crippen molar-refractivity contribution in [3.05, 3.63) is 47.3 Å². The Balaban J connectivity index is 0.00000392. The Labute approximate surface area is 181 Å². The van der Waals surface area contributed by atoms with Gasteiger partial charge in [-0.3, -0.25) is 9.67 Å². The van der Waals surface area contributed by atoms with Crippen molar-refractivity contribution in [1.82, 2.24) is 20.4 Å². The van der Waals surface area contributed by atoms with Crippen molar-refractivity contribution in [3.63, 3.8) is 0 Å². The Morgan fingerprint density at radius 2 is 1.96 bits per heavy atom. The van der Waals surface area contributed by atoms with Gasteiger partial charge in [-0.15, -0.1) is 24.0 Å². The van der Waals surface area contributed by atoms with Crippen molar-refractivity contribution in [2.75, 3.05) is 26.2 Å². The predicted octanol–water partition coefficient (Wildman–Crippen LogP) is 3.42. The van der Waals surface area contributed by atoms with Crippen LogP contribution < -0.4 is 15.4 Å². The summed E-state index contributed by atoms with van der Waals surface area (Å²) in [6.45, 7) is 9.04. The monoisotopic (exact) mass is 507 g/mol. The van der Waals surface area contributed by atoms with Gasteiger partial charge in [-0.25, -0.2) is 8.78 Å². The average Bonchev–Trinajstić information content (AvgIpc) is 2.95. The van der Waals surface area contributed by atoms with E-state index in [1.54, 1.807) is 0 Å². The quantitative estimate of drug-likeness (QED) is 0.237. The van der Waals surface area contributed by atoms with Gasteiger partial charge in [0.05, 0.1) is 12.2 Å². The summed E-state index contributed by atoms with van der Waals surface area (Å²) in [6.07, 6.45) is 0.879. The van der Waals surface area contributed by atoms with Crippen LogP contribution in [0.2, 0.25) is 0 Å². The van der Waals surface area contributed by atoms with Crippen molar-refractivity contribution in [1.29, 1.82) is 0 Å². The van der Waals surface area contributed by atoms with E-state index >= 15 is 0 Å². The fraction of sp³-hybridized carbons (Fsp3) is 0.474. The molecule has 2 rings (SSSR count). The number of guanidine groups is 1. The van der Waals surface area contributed by atoms with E-state index in [4.69, 9.17) is 4.74 Å². The predicted molar refractivity (Wildman–Crippen MR) is 118 cm³/mol. The zero-order chi connectivity index (χ0) is 19.6. The van der Waals surface area contributed by atoms with Crippen LogP contribution in [-0.2, 0) is 6.54 Å². The van der Waals surface area contributed by atoms with Gasteiger partial charge in [-0.05, 0) is 45.4 Å². The lowest BCUT2D eigenvalue weighted by Gasteiger charge is -2.12.